The lowest BCUT2D eigenvalue weighted by molar-refractivity contribution is -0.145. The molecule has 2 atom stereocenters. The van der Waals surface area contributed by atoms with Crippen molar-refractivity contribution in [3.8, 4) is 0 Å². The van der Waals surface area contributed by atoms with E-state index in [1.54, 1.807) is 13.8 Å². The molecule has 0 unspecified atom stereocenters. The third kappa shape index (κ3) is 8.24. The molecule has 0 aliphatic rings. The summed E-state index contributed by atoms with van der Waals surface area (Å²) in [5.74, 6) is -1.21. The van der Waals surface area contributed by atoms with Crippen molar-refractivity contribution in [3.05, 3.63) is 47.5 Å². The molecule has 154 valence electrons. The van der Waals surface area contributed by atoms with E-state index in [-0.39, 0.29) is 12.5 Å². The summed E-state index contributed by atoms with van der Waals surface area (Å²) in [5, 5.41) is 5.23. The van der Waals surface area contributed by atoms with Crippen molar-refractivity contribution in [3.63, 3.8) is 0 Å². The van der Waals surface area contributed by atoms with E-state index in [4.69, 9.17) is 9.47 Å². The first-order chi connectivity index (χ1) is 13.2. The van der Waals surface area contributed by atoms with Crippen molar-refractivity contribution in [2.45, 2.75) is 52.8 Å². The zero-order valence-electron chi connectivity index (χ0n) is 17.2. The second kappa shape index (κ2) is 11.8. The molecular formula is C21H30N2O5. The van der Waals surface area contributed by atoms with Gasteiger partial charge in [-0.2, -0.15) is 0 Å². The number of alkyl carbamates (subject to hydrolysis) is 1. The molecule has 0 bridgehead atoms. The Bertz CT molecular complexity index is 681. The lowest BCUT2D eigenvalue weighted by Crippen LogP contribution is -2.53. The van der Waals surface area contributed by atoms with Crippen LogP contribution >= 0.6 is 0 Å². The highest BCUT2D eigenvalue weighted by molar-refractivity contribution is 5.89. The third-order valence-electron chi connectivity index (χ3n) is 4.00. The van der Waals surface area contributed by atoms with Gasteiger partial charge in [0.2, 0.25) is 5.91 Å². The van der Waals surface area contributed by atoms with Gasteiger partial charge in [0.1, 0.15) is 18.7 Å². The van der Waals surface area contributed by atoms with Crippen molar-refractivity contribution in [2.75, 3.05) is 7.11 Å². The first kappa shape index (κ1) is 23.2. The molecule has 0 radical (unpaired) electrons. The van der Waals surface area contributed by atoms with Gasteiger partial charge in [0.05, 0.1) is 7.11 Å². The Balaban J connectivity index is 2.71. The average molecular weight is 390 g/mol. The fourth-order valence-electron chi connectivity index (χ4n) is 2.40. The Morgan fingerprint density at radius 2 is 1.71 bits per heavy atom. The Labute approximate surface area is 166 Å². The van der Waals surface area contributed by atoms with E-state index in [0.717, 1.165) is 11.1 Å². The molecule has 1 aromatic rings. The molecule has 1 aromatic carbocycles. The molecule has 0 aliphatic heterocycles. The molecule has 0 fully saturated rings. The van der Waals surface area contributed by atoms with E-state index in [1.165, 1.54) is 7.11 Å². The minimum absolute atomic E-state index is 0.102. The maximum atomic E-state index is 12.7. The molecule has 0 heterocycles. The predicted molar refractivity (Wildman–Crippen MR) is 106 cm³/mol. The quantitative estimate of drug-likeness (QED) is 0.499. The standard InChI is InChI=1S/C21H30N2O5/c1-14(2)11-12-17(20(25)27-5)22-19(24)18(15(3)4)23-21(26)28-13-16-9-7-6-8-10-16/h6-11,15,17-18H,12-13H2,1-5H3,(H,22,24)(H,23,26)/t17-,18+/m1/s1. The minimum atomic E-state index is -0.845. The summed E-state index contributed by atoms with van der Waals surface area (Å²) in [6, 6.07) is 7.57. The molecule has 0 aromatic heterocycles. The van der Waals surface area contributed by atoms with Crippen molar-refractivity contribution in [1.82, 2.24) is 10.6 Å². The molecular weight excluding hydrogens is 360 g/mol. The summed E-state index contributed by atoms with van der Waals surface area (Å²) >= 11 is 0. The number of carbonyl (C=O) groups is 3. The Morgan fingerprint density at radius 3 is 2.25 bits per heavy atom. The number of hydrogen-bond donors (Lipinski definition) is 2. The fraction of sp³-hybridized carbons (Fsp3) is 0.476. The van der Waals surface area contributed by atoms with E-state index in [9.17, 15) is 14.4 Å². The Hall–Kier alpha value is -2.83. The van der Waals surface area contributed by atoms with Crippen LogP contribution in [-0.2, 0) is 25.7 Å². The van der Waals surface area contributed by atoms with Gasteiger partial charge in [0.25, 0.3) is 0 Å². The molecule has 1 rings (SSSR count). The monoisotopic (exact) mass is 390 g/mol. The van der Waals surface area contributed by atoms with Crippen LogP contribution < -0.4 is 10.6 Å². The Morgan fingerprint density at radius 1 is 1.07 bits per heavy atom. The second-order valence-corrected chi connectivity index (χ2v) is 7.03. The molecule has 0 spiro atoms. The number of methoxy groups -OCH3 is 1. The van der Waals surface area contributed by atoms with Gasteiger partial charge < -0.3 is 20.1 Å². The average Bonchev–Trinajstić information content (AvgIpc) is 2.67. The molecule has 7 heteroatoms. The number of benzene rings is 1. The highest BCUT2D eigenvalue weighted by Crippen LogP contribution is 2.07. The van der Waals surface area contributed by atoms with Crippen molar-refractivity contribution in [1.29, 1.82) is 0 Å². The van der Waals surface area contributed by atoms with Gasteiger partial charge in [-0.3, -0.25) is 4.79 Å². The summed E-state index contributed by atoms with van der Waals surface area (Å²) in [4.78, 5) is 36.7. The molecule has 0 aliphatic carbocycles. The molecule has 2 N–H and O–H groups in total. The summed E-state index contributed by atoms with van der Waals surface area (Å²) in [5.41, 5.74) is 1.86. The smallest absolute Gasteiger partial charge is 0.408 e. The maximum absolute atomic E-state index is 12.7. The van der Waals surface area contributed by atoms with Crippen molar-refractivity contribution in [2.24, 2.45) is 5.92 Å². The van der Waals surface area contributed by atoms with Crippen LogP contribution in [0.1, 0.15) is 39.7 Å². The van der Waals surface area contributed by atoms with Crippen molar-refractivity contribution >= 4 is 18.0 Å². The molecule has 28 heavy (non-hydrogen) atoms. The van der Waals surface area contributed by atoms with Gasteiger partial charge in [-0.25, -0.2) is 9.59 Å². The first-order valence-corrected chi connectivity index (χ1v) is 9.23. The normalized spacial score (nSPS) is 12.5. The van der Waals surface area contributed by atoms with Gasteiger partial charge in [-0.1, -0.05) is 55.8 Å². The van der Waals surface area contributed by atoms with Crippen LogP contribution in [0.4, 0.5) is 4.79 Å². The van der Waals surface area contributed by atoms with Crippen LogP contribution in [-0.4, -0.2) is 37.2 Å². The van der Waals surface area contributed by atoms with Crippen LogP contribution in [0.3, 0.4) is 0 Å². The summed E-state index contributed by atoms with van der Waals surface area (Å²) < 4.78 is 9.94. The molecule has 0 saturated carbocycles. The zero-order valence-corrected chi connectivity index (χ0v) is 17.2. The number of ether oxygens (including phenoxy) is 2. The van der Waals surface area contributed by atoms with E-state index in [0.29, 0.717) is 6.42 Å². The number of esters is 1. The summed E-state index contributed by atoms with van der Waals surface area (Å²) in [6.07, 6.45) is 1.45. The molecule has 2 amide bonds. The molecule has 0 saturated heterocycles. The van der Waals surface area contributed by atoms with Crippen LogP contribution in [0.25, 0.3) is 0 Å². The van der Waals surface area contributed by atoms with Crippen LogP contribution in [0, 0.1) is 5.92 Å². The lowest BCUT2D eigenvalue weighted by Gasteiger charge is -2.24. The van der Waals surface area contributed by atoms with E-state index in [1.807, 2.05) is 50.3 Å². The topological polar surface area (TPSA) is 93.7 Å². The van der Waals surface area contributed by atoms with Gasteiger partial charge >= 0.3 is 12.1 Å². The van der Waals surface area contributed by atoms with E-state index >= 15 is 0 Å². The van der Waals surface area contributed by atoms with E-state index in [2.05, 4.69) is 10.6 Å². The van der Waals surface area contributed by atoms with E-state index < -0.39 is 30.1 Å². The van der Waals surface area contributed by atoms with Gasteiger partial charge in [0, 0.05) is 0 Å². The number of nitrogens with one attached hydrogen (secondary N) is 2. The van der Waals surface area contributed by atoms with Crippen LogP contribution in [0.2, 0.25) is 0 Å². The number of allylic oxidation sites excluding steroid dienone is 1. The largest absolute Gasteiger partial charge is 0.467 e. The molecule has 7 nitrogen and oxygen atoms in total. The number of carbonyl (C=O) groups excluding carboxylic acids is 3. The summed E-state index contributed by atoms with van der Waals surface area (Å²) in [7, 11) is 1.27. The third-order valence-corrected chi connectivity index (χ3v) is 4.00. The van der Waals surface area contributed by atoms with Gasteiger partial charge in [-0.15, -0.1) is 0 Å². The number of hydrogen-bond acceptors (Lipinski definition) is 5. The maximum Gasteiger partial charge on any atom is 0.408 e. The second-order valence-electron chi connectivity index (χ2n) is 7.03. The SMILES string of the molecule is COC(=O)[C@@H](CC=C(C)C)NC(=O)[C@@H](NC(=O)OCc1ccccc1)C(C)C. The van der Waals surface area contributed by atoms with Crippen LogP contribution in [0.5, 0.6) is 0 Å². The minimum Gasteiger partial charge on any atom is -0.467 e. The number of rotatable bonds is 9. The lowest BCUT2D eigenvalue weighted by atomic mass is 10.0. The summed E-state index contributed by atoms with van der Waals surface area (Å²) in [6.45, 7) is 7.50. The highest BCUT2D eigenvalue weighted by Gasteiger charge is 2.29. The van der Waals surface area contributed by atoms with Crippen molar-refractivity contribution < 1.29 is 23.9 Å². The zero-order chi connectivity index (χ0) is 21.1. The fourth-order valence-corrected chi connectivity index (χ4v) is 2.40. The predicted octanol–water partition coefficient (Wildman–Crippen LogP) is 2.95. The highest BCUT2D eigenvalue weighted by atomic mass is 16.5. The Kier molecular flexibility index (Phi) is 9.78. The van der Waals surface area contributed by atoms with Gasteiger partial charge in [-0.05, 0) is 31.7 Å². The van der Waals surface area contributed by atoms with Crippen LogP contribution in [0.15, 0.2) is 42.0 Å². The first-order valence-electron chi connectivity index (χ1n) is 9.23. The van der Waals surface area contributed by atoms with Gasteiger partial charge in [0.15, 0.2) is 0 Å². The number of amides is 2.